The number of aliphatic imine (C=N–C) groups is 1. The minimum absolute atomic E-state index is 0. The molecule has 2 heterocycles. The molecule has 0 atom stereocenters. The summed E-state index contributed by atoms with van der Waals surface area (Å²) in [6.07, 6.45) is 8.52. The van der Waals surface area contributed by atoms with Crippen LogP contribution < -0.4 is 10.6 Å². The molecule has 0 amide bonds. The molecular weight excluding hydrogens is 449 g/mol. The minimum Gasteiger partial charge on any atom is -0.356 e. The first-order valence-corrected chi connectivity index (χ1v) is 9.86. The Hall–Kier alpha value is -1.41. The molecule has 1 aliphatic heterocycles. The highest BCUT2D eigenvalue weighted by Crippen LogP contribution is 2.15. The maximum Gasteiger partial charge on any atom is 0.191 e. The van der Waals surface area contributed by atoms with Crippen LogP contribution in [0.5, 0.6) is 0 Å². The number of likely N-dealkylation sites (tertiary alicyclic amines) is 1. The third kappa shape index (κ3) is 6.92. The van der Waals surface area contributed by atoms with Gasteiger partial charge in [-0.15, -0.1) is 24.0 Å². The summed E-state index contributed by atoms with van der Waals surface area (Å²) < 4.78 is 0. The van der Waals surface area contributed by atoms with E-state index in [1.165, 1.54) is 56.1 Å². The maximum atomic E-state index is 4.53. The number of halogens is 1. The number of hydrogen-bond donors (Lipinski definition) is 2. The van der Waals surface area contributed by atoms with E-state index in [1.807, 2.05) is 13.2 Å². The average Bonchev–Trinajstić information content (AvgIpc) is 2.96. The maximum absolute atomic E-state index is 4.53. The minimum atomic E-state index is 0. The van der Waals surface area contributed by atoms with Crippen LogP contribution in [-0.2, 0) is 6.54 Å². The van der Waals surface area contributed by atoms with E-state index >= 15 is 0 Å². The first kappa shape index (κ1) is 21.9. The summed E-state index contributed by atoms with van der Waals surface area (Å²) in [6, 6.07) is 10.4. The highest BCUT2D eigenvalue weighted by atomic mass is 127. The highest BCUT2D eigenvalue weighted by Gasteiger charge is 2.08. The Labute approximate surface area is 180 Å². The Morgan fingerprint density at radius 1 is 1.07 bits per heavy atom. The van der Waals surface area contributed by atoms with Crippen molar-refractivity contribution in [2.24, 2.45) is 4.99 Å². The lowest BCUT2D eigenvalue weighted by Gasteiger charge is -2.20. The first-order valence-electron chi connectivity index (χ1n) is 9.86. The lowest BCUT2D eigenvalue weighted by Crippen LogP contribution is -2.38. The van der Waals surface area contributed by atoms with Crippen LogP contribution in [0.2, 0.25) is 0 Å². The number of guanidine groups is 1. The van der Waals surface area contributed by atoms with Crippen molar-refractivity contribution in [2.75, 3.05) is 33.2 Å². The smallest absolute Gasteiger partial charge is 0.191 e. The molecule has 1 fully saturated rings. The molecule has 1 saturated heterocycles. The Bertz CT molecular complexity index is 705. The molecule has 1 aromatic heterocycles. The quantitative estimate of drug-likeness (QED) is 0.286. The van der Waals surface area contributed by atoms with Gasteiger partial charge in [0.05, 0.1) is 12.2 Å². The standard InChI is InChI=1S/C21H31N5.HI/c1-22-21(24-12-8-16-26-14-6-2-3-7-15-26)25-17-20-19-10-5-4-9-18(19)11-13-23-20;/h4-5,9-11,13H,2-3,6-8,12,14-17H2,1H3,(H2,22,24,25);1H. The summed E-state index contributed by atoms with van der Waals surface area (Å²) >= 11 is 0. The van der Waals surface area contributed by atoms with Gasteiger partial charge in [-0.3, -0.25) is 9.98 Å². The second kappa shape index (κ2) is 12.1. The number of pyridine rings is 1. The van der Waals surface area contributed by atoms with Crippen molar-refractivity contribution in [3.05, 3.63) is 42.2 Å². The van der Waals surface area contributed by atoms with Gasteiger partial charge < -0.3 is 15.5 Å². The number of benzene rings is 1. The predicted octanol–water partition coefficient (Wildman–Crippen LogP) is 3.78. The molecule has 0 radical (unpaired) electrons. The largest absolute Gasteiger partial charge is 0.356 e. The molecule has 148 valence electrons. The summed E-state index contributed by atoms with van der Waals surface area (Å²) in [7, 11) is 1.82. The van der Waals surface area contributed by atoms with E-state index in [0.717, 1.165) is 24.6 Å². The molecule has 0 saturated carbocycles. The molecule has 0 spiro atoms. The molecule has 1 aliphatic rings. The second-order valence-corrected chi connectivity index (χ2v) is 6.94. The van der Waals surface area contributed by atoms with Crippen molar-refractivity contribution in [3.8, 4) is 0 Å². The lowest BCUT2D eigenvalue weighted by atomic mass is 10.1. The molecule has 2 N–H and O–H groups in total. The van der Waals surface area contributed by atoms with E-state index < -0.39 is 0 Å². The number of rotatable bonds is 6. The van der Waals surface area contributed by atoms with Gasteiger partial charge in [-0.1, -0.05) is 37.1 Å². The van der Waals surface area contributed by atoms with Crippen molar-refractivity contribution in [2.45, 2.75) is 38.6 Å². The Balaban J connectivity index is 0.00000261. The second-order valence-electron chi connectivity index (χ2n) is 6.94. The van der Waals surface area contributed by atoms with E-state index in [0.29, 0.717) is 6.54 Å². The van der Waals surface area contributed by atoms with Crippen LogP contribution in [0.3, 0.4) is 0 Å². The first-order chi connectivity index (χ1) is 12.9. The SMILES string of the molecule is CN=C(NCCCN1CCCCCC1)NCc1nccc2ccccc12.I. The summed E-state index contributed by atoms with van der Waals surface area (Å²) in [5.41, 5.74) is 1.05. The van der Waals surface area contributed by atoms with Gasteiger partial charge in [0.2, 0.25) is 0 Å². The lowest BCUT2D eigenvalue weighted by molar-refractivity contribution is 0.282. The van der Waals surface area contributed by atoms with Crippen LogP contribution in [0, 0.1) is 0 Å². The molecule has 6 heteroatoms. The van der Waals surface area contributed by atoms with Gasteiger partial charge in [0.15, 0.2) is 5.96 Å². The van der Waals surface area contributed by atoms with Gasteiger partial charge in [0.25, 0.3) is 0 Å². The number of nitrogens with one attached hydrogen (secondary N) is 2. The molecule has 5 nitrogen and oxygen atoms in total. The molecule has 3 rings (SSSR count). The van der Waals surface area contributed by atoms with E-state index in [2.05, 4.69) is 55.8 Å². The number of hydrogen-bond acceptors (Lipinski definition) is 3. The summed E-state index contributed by atoms with van der Waals surface area (Å²) in [5, 5.41) is 9.23. The van der Waals surface area contributed by atoms with Gasteiger partial charge in [-0.05, 0) is 50.3 Å². The summed E-state index contributed by atoms with van der Waals surface area (Å²) in [6.45, 7) is 5.32. The van der Waals surface area contributed by atoms with Gasteiger partial charge >= 0.3 is 0 Å². The van der Waals surface area contributed by atoms with E-state index in [1.54, 1.807) is 0 Å². The van der Waals surface area contributed by atoms with Crippen LogP contribution in [0.1, 0.15) is 37.8 Å². The van der Waals surface area contributed by atoms with E-state index in [9.17, 15) is 0 Å². The van der Waals surface area contributed by atoms with Crippen LogP contribution in [0.4, 0.5) is 0 Å². The molecular formula is C21H32IN5. The van der Waals surface area contributed by atoms with Crippen molar-refractivity contribution in [1.29, 1.82) is 0 Å². The average molecular weight is 481 g/mol. The van der Waals surface area contributed by atoms with Crippen molar-refractivity contribution >= 4 is 40.7 Å². The zero-order valence-electron chi connectivity index (χ0n) is 16.3. The van der Waals surface area contributed by atoms with Gasteiger partial charge in [-0.25, -0.2) is 0 Å². The van der Waals surface area contributed by atoms with Gasteiger partial charge in [0.1, 0.15) is 0 Å². The van der Waals surface area contributed by atoms with Crippen LogP contribution in [0.15, 0.2) is 41.5 Å². The number of fused-ring (bicyclic) bond motifs is 1. The van der Waals surface area contributed by atoms with Crippen molar-refractivity contribution in [3.63, 3.8) is 0 Å². The number of aromatic nitrogens is 1. The Morgan fingerprint density at radius 3 is 2.63 bits per heavy atom. The number of nitrogens with zero attached hydrogens (tertiary/aromatic N) is 3. The normalized spacial score (nSPS) is 15.8. The van der Waals surface area contributed by atoms with E-state index in [-0.39, 0.29) is 24.0 Å². The van der Waals surface area contributed by atoms with Gasteiger partial charge in [-0.2, -0.15) is 0 Å². The monoisotopic (exact) mass is 481 g/mol. The third-order valence-corrected chi connectivity index (χ3v) is 5.05. The zero-order chi connectivity index (χ0) is 18.0. The Kier molecular flexibility index (Phi) is 9.83. The third-order valence-electron chi connectivity index (χ3n) is 5.05. The molecule has 0 bridgehead atoms. The van der Waals surface area contributed by atoms with Crippen LogP contribution >= 0.6 is 24.0 Å². The highest BCUT2D eigenvalue weighted by molar-refractivity contribution is 14.0. The predicted molar refractivity (Wildman–Crippen MR) is 125 cm³/mol. The summed E-state index contributed by atoms with van der Waals surface area (Å²) in [5.74, 6) is 0.843. The van der Waals surface area contributed by atoms with Crippen molar-refractivity contribution < 1.29 is 0 Å². The van der Waals surface area contributed by atoms with Crippen LogP contribution in [0.25, 0.3) is 10.8 Å². The van der Waals surface area contributed by atoms with E-state index in [4.69, 9.17) is 0 Å². The fraction of sp³-hybridized carbons (Fsp3) is 0.524. The molecule has 0 aliphatic carbocycles. The Morgan fingerprint density at radius 2 is 1.85 bits per heavy atom. The van der Waals surface area contributed by atoms with Crippen molar-refractivity contribution in [1.82, 2.24) is 20.5 Å². The molecule has 1 aromatic carbocycles. The summed E-state index contributed by atoms with van der Waals surface area (Å²) in [4.78, 5) is 11.5. The van der Waals surface area contributed by atoms with Gasteiger partial charge in [0, 0.05) is 25.2 Å². The molecule has 0 unspecified atom stereocenters. The molecule has 27 heavy (non-hydrogen) atoms. The zero-order valence-corrected chi connectivity index (χ0v) is 18.6. The molecule has 2 aromatic rings. The fourth-order valence-corrected chi connectivity index (χ4v) is 3.58. The fourth-order valence-electron chi connectivity index (χ4n) is 3.58. The van der Waals surface area contributed by atoms with Crippen LogP contribution in [-0.4, -0.2) is 49.1 Å². The topological polar surface area (TPSA) is 52.6 Å².